The quantitative estimate of drug-likeness (QED) is 0.378. The molecule has 0 amide bonds. The van der Waals surface area contributed by atoms with Crippen LogP contribution >= 0.6 is 0 Å². The van der Waals surface area contributed by atoms with Gasteiger partial charge < -0.3 is 20.4 Å². The van der Waals surface area contributed by atoms with Gasteiger partial charge in [-0.25, -0.2) is 0 Å². The first kappa shape index (κ1) is 15.5. The maximum absolute atomic E-state index is 8.76. The number of ether oxygens (including phenoxy) is 2. The Balaban J connectivity index is 2.14. The average Bonchev–Trinajstić information content (AvgIpc) is 2.50. The third kappa shape index (κ3) is 4.03. The fourth-order valence-corrected chi connectivity index (χ4v) is 2.62. The van der Waals surface area contributed by atoms with Crippen molar-refractivity contribution in [3.05, 3.63) is 23.8 Å². The summed E-state index contributed by atoms with van der Waals surface area (Å²) >= 11 is 0. The molecular formula is C16H24N2O3. The highest BCUT2D eigenvalue weighted by atomic mass is 16.5. The number of nitrogens with two attached hydrogens (primary N) is 1. The second-order valence-corrected chi connectivity index (χ2v) is 5.58. The molecule has 1 aromatic rings. The molecule has 1 saturated carbocycles. The van der Waals surface area contributed by atoms with E-state index in [0.717, 1.165) is 24.5 Å². The van der Waals surface area contributed by atoms with Crippen molar-refractivity contribution in [1.29, 1.82) is 0 Å². The molecule has 0 radical (unpaired) electrons. The third-order valence-electron chi connectivity index (χ3n) is 3.90. The SMILES string of the molecule is CCOc1cc(C(N)=NO)ccc1OC1CCC(C)CC1. The Morgan fingerprint density at radius 1 is 1.29 bits per heavy atom. The van der Waals surface area contributed by atoms with Crippen LogP contribution in [0.15, 0.2) is 23.4 Å². The highest BCUT2D eigenvalue weighted by molar-refractivity contribution is 5.97. The Morgan fingerprint density at radius 2 is 2.00 bits per heavy atom. The molecule has 5 nitrogen and oxygen atoms in total. The topological polar surface area (TPSA) is 77.1 Å². The van der Waals surface area contributed by atoms with E-state index in [2.05, 4.69) is 12.1 Å². The van der Waals surface area contributed by atoms with Crippen molar-refractivity contribution in [2.24, 2.45) is 16.8 Å². The van der Waals surface area contributed by atoms with Gasteiger partial charge in [0.05, 0.1) is 12.7 Å². The molecule has 5 heteroatoms. The number of hydrogen-bond acceptors (Lipinski definition) is 4. The zero-order valence-corrected chi connectivity index (χ0v) is 12.7. The van der Waals surface area contributed by atoms with Crippen LogP contribution in [-0.2, 0) is 0 Å². The number of benzene rings is 1. The van der Waals surface area contributed by atoms with Gasteiger partial charge in [0.1, 0.15) is 0 Å². The van der Waals surface area contributed by atoms with Gasteiger partial charge in [0.15, 0.2) is 17.3 Å². The van der Waals surface area contributed by atoms with Crippen LogP contribution in [0.4, 0.5) is 0 Å². The minimum atomic E-state index is 0.0639. The Labute approximate surface area is 125 Å². The van der Waals surface area contributed by atoms with Gasteiger partial charge in [-0.2, -0.15) is 0 Å². The average molecular weight is 292 g/mol. The molecule has 1 aliphatic carbocycles. The van der Waals surface area contributed by atoms with Crippen molar-refractivity contribution in [2.45, 2.75) is 45.6 Å². The molecule has 1 fully saturated rings. The largest absolute Gasteiger partial charge is 0.490 e. The van der Waals surface area contributed by atoms with Gasteiger partial charge in [0.25, 0.3) is 0 Å². The first-order valence-corrected chi connectivity index (χ1v) is 7.55. The molecule has 2 rings (SSSR count). The molecule has 0 spiro atoms. The molecule has 0 aliphatic heterocycles. The molecule has 0 saturated heterocycles. The van der Waals surface area contributed by atoms with Crippen molar-refractivity contribution in [3.63, 3.8) is 0 Å². The zero-order chi connectivity index (χ0) is 15.2. The number of rotatable bonds is 5. The Morgan fingerprint density at radius 3 is 2.62 bits per heavy atom. The van der Waals surface area contributed by atoms with Crippen LogP contribution in [0.1, 0.15) is 45.1 Å². The molecule has 21 heavy (non-hydrogen) atoms. The third-order valence-corrected chi connectivity index (χ3v) is 3.90. The maximum Gasteiger partial charge on any atom is 0.170 e. The van der Waals surface area contributed by atoms with Crippen molar-refractivity contribution >= 4 is 5.84 Å². The van der Waals surface area contributed by atoms with Crippen LogP contribution in [0.3, 0.4) is 0 Å². The molecule has 0 aromatic heterocycles. The number of amidine groups is 1. The van der Waals surface area contributed by atoms with E-state index in [1.54, 1.807) is 12.1 Å². The molecular weight excluding hydrogens is 268 g/mol. The number of oxime groups is 1. The molecule has 0 atom stereocenters. The summed E-state index contributed by atoms with van der Waals surface area (Å²) in [4.78, 5) is 0. The van der Waals surface area contributed by atoms with Crippen LogP contribution < -0.4 is 15.2 Å². The number of nitrogens with zero attached hydrogens (tertiary/aromatic N) is 1. The lowest BCUT2D eigenvalue weighted by atomic mass is 9.89. The second-order valence-electron chi connectivity index (χ2n) is 5.58. The zero-order valence-electron chi connectivity index (χ0n) is 12.7. The van der Waals surface area contributed by atoms with Crippen molar-refractivity contribution in [1.82, 2.24) is 0 Å². The summed E-state index contributed by atoms with van der Waals surface area (Å²) in [7, 11) is 0. The summed E-state index contributed by atoms with van der Waals surface area (Å²) in [5, 5.41) is 11.8. The van der Waals surface area contributed by atoms with Crippen LogP contribution in [-0.4, -0.2) is 23.8 Å². The monoisotopic (exact) mass is 292 g/mol. The van der Waals surface area contributed by atoms with Crippen LogP contribution in [0, 0.1) is 5.92 Å². The van der Waals surface area contributed by atoms with E-state index in [9.17, 15) is 0 Å². The summed E-state index contributed by atoms with van der Waals surface area (Å²) in [6.45, 7) is 4.74. The highest BCUT2D eigenvalue weighted by Crippen LogP contribution is 2.33. The first-order valence-electron chi connectivity index (χ1n) is 7.55. The summed E-state index contributed by atoms with van der Waals surface area (Å²) in [5.41, 5.74) is 6.23. The fraction of sp³-hybridized carbons (Fsp3) is 0.562. The van der Waals surface area contributed by atoms with Crippen molar-refractivity contribution in [2.75, 3.05) is 6.61 Å². The minimum Gasteiger partial charge on any atom is -0.490 e. The standard InChI is InChI=1S/C16H24N2O3/c1-3-20-15-10-12(16(17)18-19)6-9-14(15)21-13-7-4-11(2)5-8-13/h6,9-11,13,19H,3-5,7-8H2,1-2H3,(H2,17,18). The van der Waals surface area contributed by atoms with Crippen LogP contribution in [0.25, 0.3) is 0 Å². The van der Waals surface area contributed by atoms with E-state index in [4.69, 9.17) is 20.4 Å². The molecule has 0 unspecified atom stereocenters. The van der Waals surface area contributed by atoms with Crippen molar-refractivity contribution < 1.29 is 14.7 Å². The fourth-order valence-electron chi connectivity index (χ4n) is 2.62. The van der Waals surface area contributed by atoms with E-state index in [0.29, 0.717) is 17.9 Å². The van der Waals surface area contributed by atoms with Gasteiger partial charge in [-0.15, -0.1) is 0 Å². The summed E-state index contributed by atoms with van der Waals surface area (Å²) in [6.07, 6.45) is 4.81. The molecule has 116 valence electrons. The van der Waals surface area contributed by atoms with Crippen LogP contribution in [0.5, 0.6) is 11.5 Å². The van der Waals surface area contributed by atoms with Gasteiger partial charge in [0, 0.05) is 5.56 Å². The van der Waals surface area contributed by atoms with Gasteiger partial charge in [0.2, 0.25) is 0 Å². The van der Waals surface area contributed by atoms with E-state index in [1.807, 2.05) is 13.0 Å². The minimum absolute atomic E-state index is 0.0639. The normalized spacial score (nSPS) is 22.9. The molecule has 0 bridgehead atoms. The van der Waals surface area contributed by atoms with Gasteiger partial charge in [-0.05, 0) is 56.7 Å². The Hall–Kier alpha value is -1.91. The lowest BCUT2D eigenvalue weighted by Crippen LogP contribution is -2.23. The van der Waals surface area contributed by atoms with Crippen molar-refractivity contribution in [3.8, 4) is 11.5 Å². The molecule has 1 aromatic carbocycles. The maximum atomic E-state index is 8.76. The smallest absolute Gasteiger partial charge is 0.170 e. The lowest BCUT2D eigenvalue weighted by Gasteiger charge is -2.27. The number of hydrogen-bond donors (Lipinski definition) is 2. The van der Waals surface area contributed by atoms with E-state index in [-0.39, 0.29) is 11.9 Å². The Kier molecular flexibility index (Phi) is 5.31. The predicted molar refractivity (Wildman–Crippen MR) is 82.2 cm³/mol. The van der Waals surface area contributed by atoms with E-state index in [1.165, 1.54) is 12.8 Å². The summed E-state index contributed by atoms with van der Waals surface area (Å²) in [6, 6.07) is 5.36. The lowest BCUT2D eigenvalue weighted by molar-refractivity contribution is 0.130. The molecule has 0 heterocycles. The molecule has 1 aliphatic rings. The van der Waals surface area contributed by atoms with Gasteiger partial charge in [-0.3, -0.25) is 0 Å². The first-order chi connectivity index (χ1) is 10.1. The van der Waals surface area contributed by atoms with Gasteiger partial charge in [-0.1, -0.05) is 12.1 Å². The summed E-state index contributed by atoms with van der Waals surface area (Å²) < 4.78 is 11.7. The van der Waals surface area contributed by atoms with E-state index < -0.39 is 0 Å². The Bertz CT molecular complexity index is 494. The highest BCUT2D eigenvalue weighted by Gasteiger charge is 2.21. The predicted octanol–water partition coefficient (Wildman–Crippen LogP) is 3.14. The molecule has 3 N–H and O–H groups in total. The summed E-state index contributed by atoms with van der Waals surface area (Å²) in [5.74, 6) is 2.22. The van der Waals surface area contributed by atoms with Gasteiger partial charge >= 0.3 is 0 Å². The van der Waals surface area contributed by atoms with Crippen LogP contribution in [0.2, 0.25) is 0 Å². The van der Waals surface area contributed by atoms with E-state index >= 15 is 0 Å². The second kappa shape index (κ2) is 7.20.